The summed E-state index contributed by atoms with van der Waals surface area (Å²) in [6.45, 7) is 0.595. The SMILES string of the molecule is CN(CCc1cccs1)C(=O)Nc1cccc(S(C)(=O)=O)c1. The molecule has 7 heteroatoms. The summed E-state index contributed by atoms with van der Waals surface area (Å²) in [5.41, 5.74) is 0.468. The van der Waals surface area contributed by atoms with Gasteiger partial charge >= 0.3 is 6.03 Å². The molecule has 22 heavy (non-hydrogen) atoms. The Morgan fingerprint density at radius 1 is 1.27 bits per heavy atom. The molecule has 0 unspecified atom stereocenters. The van der Waals surface area contributed by atoms with E-state index in [9.17, 15) is 13.2 Å². The Morgan fingerprint density at radius 3 is 2.68 bits per heavy atom. The van der Waals surface area contributed by atoms with Crippen LogP contribution in [-0.2, 0) is 16.3 Å². The number of anilines is 1. The van der Waals surface area contributed by atoms with Crippen molar-refractivity contribution in [3.8, 4) is 0 Å². The lowest BCUT2D eigenvalue weighted by atomic mass is 10.3. The number of nitrogens with zero attached hydrogens (tertiary/aromatic N) is 1. The fourth-order valence-electron chi connectivity index (χ4n) is 1.86. The molecule has 0 fully saturated rings. The molecule has 1 N–H and O–H groups in total. The summed E-state index contributed by atoms with van der Waals surface area (Å²) in [7, 11) is -1.57. The van der Waals surface area contributed by atoms with Crippen LogP contribution in [0.2, 0.25) is 0 Å². The van der Waals surface area contributed by atoms with Crippen LogP contribution >= 0.6 is 11.3 Å². The van der Waals surface area contributed by atoms with Gasteiger partial charge < -0.3 is 10.2 Å². The Bertz CT molecular complexity index is 740. The minimum absolute atomic E-state index is 0.187. The fourth-order valence-corrected chi connectivity index (χ4v) is 3.22. The minimum atomic E-state index is -3.28. The number of carbonyl (C=O) groups is 1. The summed E-state index contributed by atoms with van der Waals surface area (Å²) in [6.07, 6.45) is 1.94. The second-order valence-corrected chi connectivity index (χ2v) is 8.03. The van der Waals surface area contributed by atoms with E-state index in [1.54, 1.807) is 35.4 Å². The predicted octanol–water partition coefficient (Wildman–Crippen LogP) is 2.86. The van der Waals surface area contributed by atoms with Crippen LogP contribution in [0.3, 0.4) is 0 Å². The van der Waals surface area contributed by atoms with Gasteiger partial charge in [-0.2, -0.15) is 0 Å². The van der Waals surface area contributed by atoms with Gasteiger partial charge in [0.2, 0.25) is 0 Å². The summed E-state index contributed by atoms with van der Waals surface area (Å²) < 4.78 is 23.0. The fraction of sp³-hybridized carbons (Fsp3) is 0.267. The molecular weight excluding hydrogens is 320 g/mol. The number of hydrogen-bond donors (Lipinski definition) is 1. The molecule has 1 heterocycles. The highest BCUT2D eigenvalue weighted by atomic mass is 32.2. The molecular formula is C15H18N2O3S2. The number of nitrogens with one attached hydrogen (secondary N) is 1. The van der Waals surface area contributed by atoms with Gasteiger partial charge in [0.15, 0.2) is 9.84 Å². The second-order valence-electron chi connectivity index (χ2n) is 4.98. The first-order valence-corrected chi connectivity index (χ1v) is 9.48. The number of sulfone groups is 1. The van der Waals surface area contributed by atoms with E-state index in [0.717, 1.165) is 12.7 Å². The molecule has 1 aromatic carbocycles. The Balaban J connectivity index is 1.96. The van der Waals surface area contributed by atoms with Crippen molar-refractivity contribution in [3.63, 3.8) is 0 Å². The summed E-state index contributed by atoms with van der Waals surface area (Å²) in [4.78, 5) is 15.1. The van der Waals surface area contributed by atoms with Gasteiger partial charge in [-0.15, -0.1) is 11.3 Å². The van der Waals surface area contributed by atoms with Crippen molar-refractivity contribution in [3.05, 3.63) is 46.7 Å². The molecule has 118 valence electrons. The minimum Gasteiger partial charge on any atom is -0.327 e. The average Bonchev–Trinajstić information content (AvgIpc) is 2.97. The molecule has 0 atom stereocenters. The third-order valence-electron chi connectivity index (χ3n) is 3.13. The number of thiophene rings is 1. The van der Waals surface area contributed by atoms with Crippen molar-refractivity contribution in [2.45, 2.75) is 11.3 Å². The van der Waals surface area contributed by atoms with E-state index in [1.165, 1.54) is 17.0 Å². The van der Waals surface area contributed by atoms with Crippen molar-refractivity contribution < 1.29 is 13.2 Å². The normalized spacial score (nSPS) is 11.2. The lowest BCUT2D eigenvalue weighted by molar-refractivity contribution is 0.223. The lowest BCUT2D eigenvalue weighted by Crippen LogP contribution is -2.32. The number of hydrogen-bond acceptors (Lipinski definition) is 4. The van der Waals surface area contributed by atoms with Crippen molar-refractivity contribution in [2.75, 3.05) is 25.2 Å². The van der Waals surface area contributed by atoms with Crippen molar-refractivity contribution in [2.24, 2.45) is 0 Å². The molecule has 0 saturated heterocycles. The van der Waals surface area contributed by atoms with Gasteiger partial charge in [-0.1, -0.05) is 12.1 Å². The van der Waals surface area contributed by atoms with Crippen molar-refractivity contribution in [1.82, 2.24) is 4.90 Å². The highest BCUT2D eigenvalue weighted by molar-refractivity contribution is 7.90. The van der Waals surface area contributed by atoms with Crippen LogP contribution in [0.5, 0.6) is 0 Å². The van der Waals surface area contributed by atoms with Crippen molar-refractivity contribution in [1.29, 1.82) is 0 Å². The van der Waals surface area contributed by atoms with E-state index in [2.05, 4.69) is 5.32 Å². The maximum Gasteiger partial charge on any atom is 0.321 e. The molecule has 2 aromatic rings. The Kier molecular flexibility index (Phi) is 5.20. The maximum atomic E-state index is 12.1. The monoisotopic (exact) mass is 338 g/mol. The zero-order valence-electron chi connectivity index (χ0n) is 12.4. The lowest BCUT2D eigenvalue weighted by Gasteiger charge is -2.17. The van der Waals surface area contributed by atoms with Gasteiger partial charge in [-0.3, -0.25) is 0 Å². The number of amides is 2. The number of benzene rings is 1. The van der Waals surface area contributed by atoms with E-state index >= 15 is 0 Å². The Morgan fingerprint density at radius 2 is 2.05 bits per heavy atom. The van der Waals surface area contributed by atoms with Gasteiger partial charge in [0.05, 0.1) is 4.90 Å². The molecule has 1 aromatic heterocycles. The number of carbonyl (C=O) groups excluding carboxylic acids is 1. The third-order valence-corrected chi connectivity index (χ3v) is 5.18. The number of urea groups is 1. The van der Waals surface area contributed by atoms with Gasteiger partial charge in [-0.05, 0) is 36.1 Å². The van der Waals surface area contributed by atoms with E-state index in [0.29, 0.717) is 12.2 Å². The summed E-state index contributed by atoms with van der Waals surface area (Å²) in [6, 6.07) is 9.99. The third kappa shape index (κ3) is 4.57. The Hall–Kier alpha value is -1.86. The van der Waals surface area contributed by atoms with Gasteiger partial charge in [0, 0.05) is 30.4 Å². The maximum absolute atomic E-state index is 12.1. The molecule has 0 aliphatic rings. The highest BCUT2D eigenvalue weighted by Crippen LogP contribution is 2.16. The van der Waals surface area contributed by atoms with Crippen LogP contribution < -0.4 is 5.32 Å². The molecule has 0 aliphatic carbocycles. The molecule has 2 rings (SSSR count). The molecule has 0 spiro atoms. The summed E-state index contributed by atoms with van der Waals surface area (Å²) in [5.74, 6) is 0. The molecule has 0 aliphatic heterocycles. The van der Waals surface area contributed by atoms with Crippen molar-refractivity contribution >= 4 is 32.9 Å². The molecule has 5 nitrogen and oxygen atoms in total. The zero-order valence-corrected chi connectivity index (χ0v) is 14.1. The summed E-state index contributed by atoms with van der Waals surface area (Å²) in [5, 5.41) is 4.72. The number of likely N-dealkylation sites (N-methyl/N-ethyl adjacent to an activating group) is 1. The van der Waals surface area contributed by atoms with E-state index in [1.807, 2.05) is 17.5 Å². The number of rotatable bonds is 5. The zero-order chi connectivity index (χ0) is 16.2. The first-order chi connectivity index (χ1) is 10.4. The standard InChI is InChI=1S/C15H18N2O3S2/c1-17(9-8-13-6-4-10-21-13)15(18)16-12-5-3-7-14(11-12)22(2,19)20/h3-7,10-11H,8-9H2,1-2H3,(H,16,18). The molecule has 2 amide bonds. The first kappa shape index (κ1) is 16.5. The quantitative estimate of drug-likeness (QED) is 0.911. The Labute approximate surface area is 134 Å². The second kappa shape index (κ2) is 6.93. The van der Waals surface area contributed by atoms with Crippen LogP contribution in [0, 0.1) is 0 Å². The average molecular weight is 338 g/mol. The molecule has 0 bridgehead atoms. The van der Waals surface area contributed by atoms with E-state index in [-0.39, 0.29) is 10.9 Å². The van der Waals surface area contributed by atoms with Gasteiger partial charge in [0.1, 0.15) is 0 Å². The first-order valence-electron chi connectivity index (χ1n) is 6.71. The van der Waals surface area contributed by atoms with Crippen LogP contribution in [0.25, 0.3) is 0 Å². The summed E-state index contributed by atoms with van der Waals surface area (Å²) >= 11 is 1.66. The van der Waals surface area contributed by atoms with Crippen LogP contribution in [0.1, 0.15) is 4.88 Å². The van der Waals surface area contributed by atoms with Crippen LogP contribution in [-0.4, -0.2) is 39.2 Å². The van der Waals surface area contributed by atoms with Crippen LogP contribution in [0.4, 0.5) is 10.5 Å². The van der Waals surface area contributed by atoms with Crippen LogP contribution in [0.15, 0.2) is 46.7 Å². The molecule has 0 saturated carbocycles. The smallest absolute Gasteiger partial charge is 0.321 e. The predicted molar refractivity (Wildman–Crippen MR) is 89.2 cm³/mol. The topological polar surface area (TPSA) is 66.5 Å². The van der Waals surface area contributed by atoms with Gasteiger partial charge in [-0.25, -0.2) is 13.2 Å². The highest BCUT2D eigenvalue weighted by Gasteiger charge is 2.11. The largest absolute Gasteiger partial charge is 0.327 e. The van der Waals surface area contributed by atoms with E-state index < -0.39 is 9.84 Å². The molecule has 0 radical (unpaired) electrons. The van der Waals surface area contributed by atoms with Gasteiger partial charge in [0.25, 0.3) is 0 Å². The van der Waals surface area contributed by atoms with E-state index in [4.69, 9.17) is 0 Å².